The van der Waals surface area contributed by atoms with Crippen molar-refractivity contribution in [2.45, 2.75) is 33.5 Å². The molecule has 0 bridgehead atoms. The van der Waals surface area contributed by atoms with Crippen LogP contribution < -0.4 is 10.2 Å². The van der Waals surface area contributed by atoms with E-state index in [9.17, 15) is 27.2 Å². The molecule has 0 unspecified atom stereocenters. The van der Waals surface area contributed by atoms with E-state index in [-0.39, 0.29) is 61.7 Å². The lowest BCUT2D eigenvalue weighted by molar-refractivity contribution is -0.137. The van der Waals surface area contributed by atoms with Gasteiger partial charge in [0.25, 0.3) is 11.8 Å². The molecule has 1 atom stereocenters. The topological polar surface area (TPSA) is 80.1 Å². The van der Waals surface area contributed by atoms with Gasteiger partial charge in [-0.25, -0.2) is 4.39 Å². The summed E-state index contributed by atoms with van der Waals surface area (Å²) in [6, 6.07) is 3.87. The van der Waals surface area contributed by atoms with E-state index in [1.54, 1.807) is 6.92 Å². The maximum absolute atomic E-state index is 13.7. The second-order valence-electron chi connectivity index (χ2n) is 7.41. The Hall–Kier alpha value is -3.41. The fourth-order valence-corrected chi connectivity index (χ4v) is 3.50. The number of fused-ring (bicyclic) bond motifs is 1. The summed E-state index contributed by atoms with van der Waals surface area (Å²) in [5.74, 6) is -1.87. The third-order valence-corrected chi connectivity index (χ3v) is 5.26. The Labute approximate surface area is 200 Å². The van der Waals surface area contributed by atoms with Gasteiger partial charge in [0, 0.05) is 17.8 Å². The molecule has 12 heteroatoms. The van der Waals surface area contributed by atoms with Crippen molar-refractivity contribution in [3.63, 3.8) is 0 Å². The largest absolute Gasteiger partial charge is 0.416 e. The Balaban J connectivity index is 0.00000204. The third kappa shape index (κ3) is 4.76. The molecule has 0 saturated carbocycles. The van der Waals surface area contributed by atoms with E-state index < -0.39 is 29.4 Å². The highest BCUT2D eigenvalue weighted by Crippen LogP contribution is 2.33. The van der Waals surface area contributed by atoms with Gasteiger partial charge in [0.2, 0.25) is 0 Å². The maximum atomic E-state index is 13.7. The number of aromatic nitrogens is 3. The standard InChI is InChI=1S/C21H17F4N5O2.CH4.H2S/c1-11-10-29(14-5-3-13(4-6-14)21(23,24)25)20(32)18-15(7-27-30(11)18)19(31)28-17-9-26-8-16(22)12(17)2;;/h3-9,11H,10H2,1-2H3,(H,28,31);1H4;1H2/t11-;;/m0../s1. The Kier molecular flexibility index (Phi) is 7.76. The molecule has 3 heterocycles. The van der Waals surface area contributed by atoms with Crippen LogP contribution in [-0.4, -0.2) is 33.1 Å². The molecule has 0 fully saturated rings. The second kappa shape index (κ2) is 9.84. The summed E-state index contributed by atoms with van der Waals surface area (Å²) in [6.45, 7) is 3.40. The van der Waals surface area contributed by atoms with Crippen molar-refractivity contribution in [3.05, 3.63) is 71.1 Å². The van der Waals surface area contributed by atoms with Gasteiger partial charge in [0.15, 0.2) is 0 Å². The van der Waals surface area contributed by atoms with Gasteiger partial charge in [-0.1, -0.05) is 7.43 Å². The average Bonchev–Trinajstić information content (AvgIpc) is 3.20. The number of amides is 2. The smallest absolute Gasteiger partial charge is 0.320 e. The zero-order valence-electron chi connectivity index (χ0n) is 17.4. The first-order chi connectivity index (χ1) is 15.1. The Morgan fingerprint density at radius 1 is 1.15 bits per heavy atom. The number of pyridine rings is 1. The van der Waals surface area contributed by atoms with Gasteiger partial charge in [-0.05, 0) is 38.1 Å². The van der Waals surface area contributed by atoms with Crippen LogP contribution in [0.3, 0.4) is 0 Å². The zero-order valence-corrected chi connectivity index (χ0v) is 18.4. The summed E-state index contributed by atoms with van der Waals surface area (Å²) in [6.07, 6.45) is -0.964. The number of benzene rings is 1. The summed E-state index contributed by atoms with van der Waals surface area (Å²) in [5.41, 5.74) is -0.293. The van der Waals surface area contributed by atoms with Crippen LogP contribution >= 0.6 is 13.5 Å². The highest BCUT2D eigenvalue weighted by atomic mass is 32.1. The molecule has 0 aliphatic carbocycles. The molecular weight excluding hydrogens is 474 g/mol. The monoisotopic (exact) mass is 497 g/mol. The van der Waals surface area contributed by atoms with E-state index in [4.69, 9.17) is 0 Å². The number of hydrogen-bond donors (Lipinski definition) is 1. The van der Waals surface area contributed by atoms with E-state index in [1.165, 1.54) is 41.0 Å². The molecule has 2 amide bonds. The number of nitrogens with zero attached hydrogens (tertiary/aromatic N) is 4. The van der Waals surface area contributed by atoms with Gasteiger partial charge in [0.1, 0.15) is 11.5 Å². The molecule has 2 aromatic heterocycles. The van der Waals surface area contributed by atoms with Gasteiger partial charge >= 0.3 is 6.18 Å². The Morgan fingerprint density at radius 3 is 2.41 bits per heavy atom. The molecule has 1 aliphatic rings. The summed E-state index contributed by atoms with van der Waals surface area (Å²) in [5, 5.41) is 6.66. The van der Waals surface area contributed by atoms with Crippen LogP contribution in [-0.2, 0) is 6.18 Å². The quantitative estimate of drug-likeness (QED) is 0.519. The highest BCUT2D eigenvalue weighted by Gasteiger charge is 2.36. The van der Waals surface area contributed by atoms with Crippen LogP contribution in [0.2, 0.25) is 0 Å². The van der Waals surface area contributed by atoms with Crippen LogP contribution in [0, 0.1) is 12.7 Å². The molecule has 1 N–H and O–H groups in total. The third-order valence-electron chi connectivity index (χ3n) is 5.26. The predicted molar refractivity (Wildman–Crippen MR) is 124 cm³/mol. The van der Waals surface area contributed by atoms with Gasteiger partial charge in [-0.15, -0.1) is 0 Å². The van der Waals surface area contributed by atoms with Crippen molar-refractivity contribution in [2.24, 2.45) is 0 Å². The molecule has 182 valence electrons. The van der Waals surface area contributed by atoms with E-state index in [1.807, 2.05) is 0 Å². The first-order valence-electron chi connectivity index (χ1n) is 9.56. The number of hydrogen-bond acceptors (Lipinski definition) is 4. The molecule has 1 aliphatic heterocycles. The van der Waals surface area contributed by atoms with Crippen molar-refractivity contribution in [1.82, 2.24) is 14.8 Å². The molecule has 1 aromatic carbocycles. The molecule has 0 radical (unpaired) electrons. The van der Waals surface area contributed by atoms with Crippen LogP contribution in [0.25, 0.3) is 0 Å². The minimum absolute atomic E-state index is 0. The molecular formula is C22H23F4N5O2S. The fourth-order valence-electron chi connectivity index (χ4n) is 3.50. The number of alkyl halides is 3. The maximum Gasteiger partial charge on any atom is 0.416 e. The minimum Gasteiger partial charge on any atom is -0.320 e. The summed E-state index contributed by atoms with van der Waals surface area (Å²) >= 11 is 0. The Bertz CT molecular complexity index is 1210. The fraction of sp³-hybridized carbons (Fsp3) is 0.273. The minimum atomic E-state index is -4.49. The number of carbonyl (C=O) groups is 2. The van der Waals surface area contributed by atoms with Gasteiger partial charge in [-0.3, -0.25) is 19.3 Å². The van der Waals surface area contributed by atoms with Gasteiger partial charge in [-0.2, -0.15) is 31.8 Å². The van der Waals surface area contributed by atoms with Crippen LogP contribution in [0.5, 0.6) is 0 Å². The lowest BCUT2D eigenvalue weighted by Gasteiger charge is -2.32. The molecule has 34 heavy (non-hydrogen) atoms. The van der Waals surface area contributed by atoms with Crippen LogP contribution in [0.1, 0.15) is 52.4 Å². The van der Waals surface area contributed by atoms with Crippen molar-refractivity contribution < 1.29 is 27.2 Å². The van der Waals surface area contributed by atoms with Crippen molar-refractivity contribution in [2.75, 3.05) is 16.8 Å². The van der Waals surface area contributed by atoms with E-state index in [0.29, 0.717) is 0 Å². The Morgan fingerprint density at radius 2 is 1.79 bits per heavy atom. The summed E-state index contributed by atoms with van der Waals surface area (Å²) in [7, 11) is 0. The normalized spacial score (nSPS) is 15.2. The zero-order chi connectivity index (χ0) is 23.2. The van der Waals surface area contributed by atoms with Crippen molar-refractivity contribution >= 4 is 36.7 Å². The van der Waals surface area contributed by atoms with E-state index >= 15 is 0 Å². The van der Waals surface area contributed by atoms with Crippen LogP contribution in [0.15, 0.2) is 42.9 Å². The number of nitrogens with one attached hydrogen (secondary N) is 1. The van der Waals surface area contributed by atoms with E-state index in [0.717, 1.165) is 18.3 Å². The average molecular weight is 498 g/mol. The molecule has 7 nitrogen and oxygen atoms in total. The predicted octanol–water partition coefficient (Wildman–Crippen LogP) is 4.97. The lowest BCUT2D eigenvalue weighted by Crippen LogP contribution is -2.43. The first-order valence-corrected chi connectivity index (χ1v) is 9.56. The lowest BCUT2D eigenvalue weighted by atomic mass is 10.1. The highest BCUT2D eigenvalue weighted by molar-refractivity contribution is 7.59. The SMILES string of the molecule is C.Cc1c(F)cncc1NC(=O)c1cnn2c1C(=O)N(c1ccc(C(F)(F)F)cc1)C[C@@H]2C.S. The first kappa shape index (κ1) is 26.8. The summed E-state index contributed by atoms with van der Waals surface area (Å²) in [4.78, 5) is 31.0. The number of halogens is 4. The molecule has 3 aromatic rings. The molecule has 0 spiro atoms. The van der Waals surface area contributed by atoms with Crippen molar-refractivity contribution in [1.29, 1.82) is 0 Å². The number of carbonyl (C=O) groups excluding carboxylic acids is 2. The van der Waals surface area contributed by atoms with Crippen LogP contribution in [0.4, 0.5) is 28.9 Å². The molecule has 4 rings (SSSR count). The van der Waals surface area contributed by atoms with Crippen molar-refractivity contribution in [3.8, 4) is 0 Å². The van der Waals surface area contributed by atoms with Gasteiger partial charge in [0.05, 0.1) is 41.4 Å². The van der Waals surface area contributed by atoms with Gasteiger partial charge < -0.3 is 10.2 Å². The number of rotatable bonds is 3. The number of anilines is 2. The summed E-state index contributed by atoms with van der Waals surface area (Å²) < 4.78 is 53.7. The molecule has 0 saturated heterocycles. The van der Waals surface area contributed by atoms with E-state index in [2.05, 4.69) is 15.4 Å². The second-order valence-corrected chi connectivity index (χ2v) is 7.41.